The van der Waals surface area contributed by atoms with Gasteiger partial charge in [0.25, 0.3) is 10.0 Å². The molecule has 0 amide bonds. The van der Waals surface area contributed by atoms with E-state index in [-0.39, 0.29) is 22.6 Å². The van der Waals surface area contributed by atoms with Crippen molar-refractivity contribution in [3.05, 3.63) is 59.2 Å². The van der Waals surface area contributed by atoms with Crippen molar-refractivity contribution in [3.8, 4) is 0 Å². The highest BCUT2D eigenvalue weighted by atomic mass is 32.2. The highest BCUT2D eigenvalue weighted by molar-refractivity contribution is 7.92. The van der Waals surface area contributed by atoms with Gasteiger partial charge in [-0.1, -0.05) is 29.8 Å². The second-order valence-corrected chi connectivity index (χ2v) is 9.48. The number of carbonyl (C=O) groups is 1. The Morgan fingerprint density at radius 3 is 2.48 bits per heavy atom. The first kappa shape index (κ1) is 18.2. The summed E-state index contributed by atoms with van der Waals surface area (Å²) in [6.45, 7) is 5.25. The van der Waals surface area contributed by atoms with Crippen LogP contribution in [0.15, 0.2) is 47.4 Å². The van der Waals surface area contributed by atoms with E-state index in [4.69, 9.17) is 0 Å². The van der Waals surface area contributed by atoms with Gasteiger partial charge in [0.05, 0.1) is 16.6 Å². The molecule has 6 heteroatoms. The van der Waals surface area contributed by atoms with E-state index < -0.39 is 10.0 Å². The van der Waals surface area contributed by atoms with E-state index in [1.165, 1.54) is 6.92 Å². The fourth-order valence-corrected chi connectivity index (χ4v) is 6.06. The van der Waals surface area contributed by atoms with Crippen LogP contribution in [0.3, 0.4) is 0 Å². The summed E-state index contributed by atoms with van der Waals surface area (Å²) in [7, 11) is -1.61. The zero-order valence-electron chi connectivity index (χ0n) is 15.8. The van der Waals surface area contributed by atoms with E-state index in [1.54, 1.807) is 28.6 Å². The van der Waals surface area contributed by atoms with Crippen molar-refractivity contribution < 1.29 is 13.2 Å². The van der Waals surface area contributed by atoms with Crippen LogP contribution in [0.25, 0.3) is 0 Å². The topological polar surface area (TPSA) is 57.7 Å². The molecule has 4 rings (SSSR count). The summed E-state index contributed by atoms with van der Waals surface area (Å²) in [6.07, 6.45) is 0.805. The number of likely N-dealkylation sites (tertiary alicyclic amines) is 1. The van der Waals surface area contributed by atoms with Crippen LogP contribution in [0.2, 0.25) is 0 Å². The molecule has 0 N–H and O–H groups in total. The Labute approximate surface area is 160 Å². The Morgan fingerprint density at radius 1 is 1.11 bits per heavy atom. The van der Waals surface area contributed by atoms with E-state index in [9.17, 15) is 13.2 Å². The number of ketones is 1. The van der Waals surface area contributed by atoms with Crippen molar-refractivity contribution in [2.75, 3.05) is 24.4 Å². The van der Waals surface area contributed by atoms with E-state index >= 15 is 0 Å². The SMILES string of the molecule is CC(=O)c1ccc(S(=O)(=O)N2c3ccc(C)cc3[C@@H]3CN(C)CC[C@@H]32)cc1. The monoisotopic (exact) mass is 384 g/mol. The zero-order chi connectivity index (χ0) is 19.3. The van der Waals surface area contributed by atoms with E-state index in [0.717, 1.165) is 36.3 Å². The number of rotatable bonds is 3. The highest BCUT2D eigenvalue weighted by Gasteiger charge is 2.46. The molecular weight excluding hydrogens is 360 g/mol. The minimum atomic E-state index is -3.69. The van der Waals surface area contributed by atoms with Gasteiger partial charge in [-0.3, -0.25) is 9.10 Å². The Balaban J connectivity index is 1.81. The Hall–Kier alpha value is -2.18. The maximum Gasteiger partial charge on any atom is 0.264 e. The molecule has 142 valence electrons. The molecule has 0 bridgehead atoms. The molecule has 2 aliphatic rings. The minimum absolute atomic E-state index is 0.0597. The lowest BCUT2D eigenvalue weighted by atomic mass is 9.89. The molecule has 2 aromatic carbocycles. The lowest BCUT2D eigenvalue weighted by Gasteiger charge is -2.36. The van der Waals surface area contributed by atoms with Gasteiger partial charge in [-0.05, 0) is 57.6 Å². The molecule has 0 unspecified atom stereocenters. The third-order valence-corrected chi connectivity index (χ3v) is 7.57. The number of piperidine rings is 1. The van der Waals surface area contributed by atoms with Crippen LogP contribution in [-0.4, -0.2) is 45.3 Å². The van der Waals surface area contributed by atoms with Gasteiger partial charge in [0, 0.05) is 18.0 Å². The van der Waals surface area contributed by atoms with Crippen molar-refractivity contribution in [1.82, 2.24) is 4.90 Å². The summed E-state index contributed by atoms with van der Waals surface area (Å²) in [6, 6.07) is 12.2. The average Bonchev–Trinajstić information content (AvgIpc) is 2.95. The van der Waals surface area contributed by atoms with Gasteiger partial charge in [-0.2, -0.15) is 0 Å². The van der Waals surface area contributed by atoms with E-state index in [1.807, 2.05) is 19.1 Å². The number of hydrogen-bond donors (Lipinski definition) is 0. The Bertz CT molecular complexity index is 999. The predicted octanol–water partition coefficient (Wildman–Crippen LogP) is 3.19. The van der Waals surface area contributed by atoms with Crippen LogP contribution >= 0.6 is 0 Å². The molecular formula is C21H24N2O3S. The third-order valence-electron chi connectivity index (χ3n) is 5.72. The van der Waals surface area contributed by atoms with Crippen molar-refractivity contribution in [1.29, 1.82) is 0 Å². The van der Waals surface area contributed by atoms with Crippen molar-refractivity contribution in [2.24, 2.45) is 0 Å². The van der Waals surface area contributed by atoms with Crippen molar-refractivity contribution in [2.45, 2.75) is 37.1 Å². The van der Waals surface area contributed by atoms with Gasteiger partial charge in [0.2, 0.25) is 0 Å². The number of nitrogens with zero attached hydrogens (tertiary/aromatic N) is 2. The van der Waals surface area contributed by atoms with Gasteiger partial charge in [0.15, 0.2) is 5.78 Å². The summed E-state index contributed by atoms with van der Waals surface area (Å²) >= 11 is 0. The molecule has 2 aliphatic heterocycles. The largest absolute Gasteiger partial charge is 0.306 e. The predicted molar refractivity (Wildman–Crippen MR) is 106 cm³/mol. The normalized spacial score (nSPS) is 22.4. The summed E-state index contributed by atoms with van der Waals surface area (Å²) in [5.74, 6) is 0.112. The van der Waals surface area contributed by atoms with E-state index in [2.05, 4.69) is 18.0 Å². The first-order valence-corrected chi connectivity index (χ1v) is 10.7. The third kappa shape index (κ3) is 2.97. The Kier molecular flexibility index (Phi) is 4.35. The molecule has 0 spiro atoms. The van der Waals surface area contributed by atoms with Crippen LogP contribution in [0.5, 0.6) is 0 Å². The zero-order valence-corrected chi connectivity index (χ0v) is 16.7. The number of anilines is 1. The summed E-state index contributed by atoms with van der Waals surface area (Å²) in [5.41, 5.74) is 3.58. The average molecular weight is 385 g/mol. The number of benzene rings is 2. The van der Waals surface area contributed by atoms with Gasteiger partial charge >= 0.3 is 0 Å². The minimum Gasteiger partial charge on any atom is -0.306 e. The number of Topliss-reactive ketones (excluding diaryl/α,β-unsaturated/α-hetero) is 1. The molecule has 0 saturated carbocycles. The molecule has 5 nitrogen and oxygen atoms in total. The molecule has 1 saturated heterocycles. The number of fused-ring (bicyclic) bond motifs is 3. The molecule has 0 aromatic heterocycles. The number of carbonyl (C=O) groups excluding carboxylic acids is 1. The van der Waals surface area contributed by atoms with Crippen LogP contribution < -0.4 is 4.31 Å². The van der Waals surface area contributed by atoms with Crippen LogP contribution in [0.4, 0.5) is 5.69 Å². The maximum atomic E-state index is 13.5. The molecule has 2 aromatic rings. The molecule has 1 fully saturated rings. The van der Waals surface area contributed by atoms with E-state index in [0.29, 0.717) is 5.56 Å². The smallest absolute Gasteiger partial charge is 0.264 e. The standard InChI is InChI=1S/C21H24N2O3S/c1-14-4-9-20-18(12-14)19-13-22(3)11-10-21(19)23(20)27(25,26)17-7-5-16(6-8-17)15(2)24/h4-9,12,19,21H,10-11,13H2,1-3H3/t19-,21-/m0/s1. The summed E-state index contributed by atoms with van der Waals surface area (Å²) < 4.78 is 28.7. The second kappa shape index (κ2) is 6.46. The molecule has 2 atom stereocenters. The van der Waals surface area contributed by atoms with Gasteiger partial charge in [0.1, 0.15) is 0 Å². The fraction of sp³-hybridized carbons (Fsp3) is 0.381. The summed E-state index contributed by atoms with van der Waals surface area (Å²) in [5, 5.41) is 0. The van der Waals surface area contributed by atoms with Crippen molar-refractivity contribution >= 4 is 21.5 Å². The summed E-state index contributed by atoms with van der Waals surface area (Å²) in [4.78, 5) is 14.0. The number of sulfonamides is 1. The first-order chi connectivity index (χ1) is 12.8. The lowest BCUT2D eigenvalue weighted by Crippen LogP contribution is -2.47. The molecule has 0 aliphatic carbocycles. The fourth-order valence-electron chi connectivity index (χ4n) is 4.32. The number of aryl methyl sites for hydroxylation is 1. The Morgan fingerprint density at radius 2 is 1.81 bits per heavy atom. The second-order valence-electron chi connectivity index (χ2n) is 7.67. The van der Waals surface area contributed by atoms with Crippen LogP contribution in [0.1, 0.15) is 40.7 Å². The number of hydrogen-bond acceptors (Lipinski definition) is 4. The van der Waals surface area contributed by atoms with Crippen LogP contribution in [0, 0.1) is 6.92 Å². The maximum absolute atomic E-state index is 13.5. The van der Waals surface area contributed by atoms with Gasteiger partial charge in [-0.25, -0.2) is 8.42 Å². The molecule has 2 heterocycles. The number of likely N-dealkylation sites (N-methyl/N-ethyl adjacent to an activating group) is 1. The molecule has 27 heavy (non-hydrogen) atoms. The van der Waals surface area contributed by atoms with Crippen LogP contribution in [-0.2, 0) is 10.0 Å². The highest BCUT2D eigenvalue weighted by Crippen LogP contribution is 2.47. The van der Waals surface area contributed by atoms with Gasteiger partial charge < -0.3 is 4.90 Å². The van der Waals surface area contributed by atoms with Crippen molar-refractivity contribution in [3.63, 3.8) is 0 Å². The molecule has 0 radical (unpaired) electrons. The van der Waals surface area contributed by atoms with Gasteiger partial charge in [-0.15, -0.1) is 0 Å². The quantitative estimate of drug-likeness (QED) is 0.763. The lowest BCUT2D eigenvalue weighted by molar-refractivity contribution is 0.101. The first-order valence-electron chi connectivity index (χ1n) is 9.23.